The number of halogens is 3. The molecule has 0 saturated carbocycles. The molecule has 1 aliphatic rings. The minimum absolute atomic E-state index is 0.0359. The predicted molar refractivity (Wildman–Crippen MR) is 104 cm³/mol. The highest BCUT2D eigenvalue weighted by atomic mass is 19.4. The second-order valence-electron chi connectivity index (χ2n) is 7.15. The fourth-order valence-corrected chi connectivity index (χ4v) is 3.61. The predicted octanol–water partition coefficient (Wildman–Crippen LogP) is 2.46. The van der Waals surface area contributed by atoms with Crippen LogP contribution in [0.5, 0.6) is 0 Å². The first-order chi connectivity index (χ1) is 13.3. The molecule has 0 unspecified atom stereocenters. The molecule has 1 saturated heterocycles. The van der Waals surface area contributed by atoms with Crippen LogP contribution in [-0.2, 0) is 11.0 Å². The molecule has 7 heteroatoms. The molecule has 150 valence electrons. The third kappa shape index (κ3) is 4.47. The van der Waals surface area contributed by atoms with Crippen LogP contribution in [0.1, 0.15) is 12.5 Å². The number of quaternary nitrogens is 1. The van der Waals surface area contributed by atoms with Gasteiger partial charge in [-0.1, -0.05) is 24.3 Å². The third-order valence-electron chi connectivity index (χ3n) is 5.40. The zero-order chi connectivity index (χ0) is 20.3. The third-order valence-corrected chi connectivity index (χ3v) is 5.40. The summed E-state index contributed by atoms with van der Waals surface area (Å²) < 4.78 is 38.8. The Balaban J connectivity index is 1.61. The number of piperazine rings is 1. The Kier molecular flexibility index (Phi) is 5.93. The molecule has 0 aromatic heterocycles. The highest BCUT2D eigenvalue weighted by Crippen LogP contribution is 2.31. The molecule has 1 atom stereocenters. The fraction of sp³-hybridized carbons (Fsp3) is 0.381. The van der Waals surface area contributed by atoms with Crippen LogP contribution in [0.25, 0.3) is 0 Å². The Hall–Kier alpha value is -2.54. The average molecular weight is 392 g/mol. The Morgan fingerprint density at radius 3 is 2.32 bits per heavy atom. The highest BCUT2D eigenvalue weighted by Gasteiger charge is 2.33. The molecule has 1 aliphatic heterocycles. The number of hydrogen-bond donors (Lipinski definition) is 1. The first-order valence-electron chi connectivity index (χ1n) is 9.37. The zero-order valence-electron chi connectivity index (χ0n) is 16.0. The number of alkyl halides is 3. The van der Waals surface area contributed by atoms with Crippen LogP contribution in [-0.4, -0.2) is 45.2 Å². The molecule has 1 amide bonds. The molecule has 4 nitrogen and oxygen atoms in total. The zero-order valence-corrected chi connectivity index (χ0v) is 16.0. The number of para-hydroxylation sites is 1. The number of anilines is 2. The van der Waals surface area contributed by atoms with Gasteiger partial charge in [0.15, 0.2) is 6.04 Å². The molecule has 2 aromatic rings. The average Bonchev–Trinajstić information content (AvgIpc) is 2.72. The van der Waals surface area contributed by atoms with E-state index in [0.29, 0.717) is 31.9 Å². The van der Waals surface area contributed by atoms with E-state index in [2.05, 4.69) is 0 Å². The minimum atomic E-state index is -4.34. The van der Waals surface area contributed by atoms with Crippen molar-refractivity contribution in [3.63, 3.8) is 0 Å². The van der Waals surface area contributed by atoms with Crippen LogP contribution in [0.3, 0.4) is 0 Å². The van der Waals surface area contributed by atoms with Gasteiger partial charge in [0.2, 0.25) is 0 Å². The van der Waals surface area contributed by atoms with E-state index in [1.807, 2.05) is 42.2 Å². The molecular weight excluding hydrogens is 367 g/mol. The summed E-state index contributed by atoms with van der Waals surface area (Å²) in [5, 5.41) is 0. The van der Waals surface area contributed by atoms with E-state index in [1.54, 1.807) is 18.0 Å². The fourth-order valence-electron chi connectivity index (χ4n) is 3.61. The van der Waals surface area contributed by atoms with E-state index in [4.69, 9.17) is 0 Å². The van der Waals surface area contributed by atoms with E-state index in [-0.39, 0.29) is 11.9 Å². The van der Waals surface area contributed by atoms with Gasteiger partial charge in [0.1, 0.15) is 0 Å². The number of hydrogen-bond acceptors (Lipinski definition) is 2. The number of rotatable bonds is 4. The largest absolute Gasteiger partial charge is 0.416 e. The van der Waals surface area contributed by atoms with Gasteiger partial charge in [0.05, 0.1) is 31.7 Å². The molecule has 0 radical (unpaired) electrons. The molecule has 0 bridgehead atoms. The van der Waals surface area contributed by atoms with E-state index < -0.39 is 11.7 Å². The first kappa shape index (κ1) is 20.2. The van der Waals surface area contributed by atoms with Crippen molar-refractivity contribution < 1.29 is 22.9 Å². The van der Waals surface area contributed by atoms with Crippen LogP contribution < -0.4 is 14.7 Å². The lowest BCUT2D eigenvalue weighted by molar-refractivity contribution is -0.914. The Morgan fingerprint density at radius 1 is 1.07 bits per heavy atom. The Bertz CT molecular complexity index is 802. The van der Waals surface area contributed by atoms with E-state index in [1.165, 1.54) is 12.1 Å². The van der Waals surface area contributed by atoms with Crippen molar-refractivity contribution in [1.82, 2.24) is 0 Å². The van der Waals surface area contributed by atoms with Gasteiger partial charge in [-0.3, -0.25) is 4.79 Å². The van der Waals surface area contributed by atoms with Crippen LogP contribution in [0.2, 0.25) is 0 Å². The quantitative estimate of drug-likeness (QED) is 0.866. The van der Waals surface area contributed by atoms with Gasteiger partial charge in [0, 0.05) is 18.4 Å². The number of carbonyl (C=O) groups excluding carboxylic acids is 1. The first-order valence-corrected chi connectivity index (χ1v) is 9.37. The van der Waals surface area contributed by atoms with E-state index >= 15 is 0 Å². The standard InChI is InChI=1S/C21H24F3N3O/c1-16(20(28)25(2)18-8-4-3-5-9-18)26-11-13-27(14-12-26)19-10-6-7-17(15-19)21(22,23)24/h3-10,15-16H,11-14H2,1-2H3/p+1/t16-/m0/s1. The molecule has 2 aromatic carbocycles. The van der Waals surface area contributed by atoms with Crippen LogP contribution in [0.15, 0.2) is 54.6 Å². The van der Waals surface area contributed by atoms with Gasteiger partial charge < -0.3 is 14.7 Å². The summed E-state index contributed by atoms with van der Waals surface area (Å²) in [4.78, 5) is 17.6. The van der Waals surface area contributed by atoms with Crippen molar-refractivity contribution in [1.29, 1.82) is 0 Å². The normalized spacial score (nSPS) is 16.7. The van der Waals surface area contributed by atoms with Crippen molar-refractivity contribution in [2.24, 2.45) is 0 Å². The van der Waals surface area contributed by atoms with Crippen LogP contribution in [0, 0.1) is 0 Å². The van der Waals surface area contributed by atoms with E-state index in [9.17, 15) is 18.0 Å². The van der Waals surface area contributed by atoms with Gasteiger partial charge in [-0.25, -0.2) is 0 Å². The van der Waals surface area contributed by atoms with Gasteiger partial charge >= 0.3 is 6.18 Å². The highest BCUT2D eigenvalue weighted by molar-refractivity contribution is 5.95. The smallest absolute Gasteiger partial charge is 0.360 e. The Morgan fingerprint density at radius 2 is 1.71 bits per heavy atom. The SMILES string of the molecule is C[C@@H](C(=O)N(C)c1ccccc1)[NH+]1CCN(c2cccc(C(F)(F)F)c2)CC1. The van der Waals surface area contributed by atoms with Gasteiger partial charge in [0.25, 0.3) is 5.91 Å². The Labute approximate surface area is 163 Å². The lowest BCUT2D eigenvalue weighted by Gasteiger charge is -2.37. The molecule has 1 N–H and O–H groups in total. The lowest BCUT2D eigenvalue weighted by Crippen LogP contribution is -3.19. The second kappa shape index (κ2) is 8.22. The number of benzene rings is 2. The summed E-state index contributed by atoms with van der Waals surface area (Å²) in [6.07, 6.45) is -4.34. The van der Waals surface area contributed by atoms with Crippen LogP contribution >= 0.6 is 0 Å². The van der Waals surface area contributed by atoms with Gasteiger partial charge in [-0.2, -0.15) is 13.2 Å². The molecule has 0 aliphatic carbocycles. The van der Waals surface area contributed by atoms with Crippen molar-refractivity contribution in [2.75, 3.05) is 43.0 Å². The summed E-state index contributed by atoms with van der Waals surface area (Å²) >= 11 is 0. The van der Waals surface area contributed by atoms with Crippen molar-refractivity contribution in [3.8, 4) is 0 Å². The van der Waals surface area contributed by atoms with Crippen molar-refractivity contribution >= 4 is 17.3 Å². The maximum Gasteiger partial charge on any atom is 0.416 e. The lowest BCUT2D eigenvalue weighted by atomic mass is 10.1. The number of likely N-dealkylation sites (N-methyl/N-ethyl adjacent to an activating group) is 1. The summed E-state index contributed by atoms with van der Waals surface area (Å²) in [6, 6.07) is 14.7. The topological polar surface area (TPSA) is 28.0 Å². The summed E-state index contributed by atoms with van der Waals surface area (Å²) in [6.45, 7) is 4.54. The summed E-state index contributed by atoms with van der Waals surface area (Å²) in [7, 11) is 1.77. The van der Waals surface area contributed by atoms with Gasteiger partial charge in [-0.15, -0.1) is 0 Å². The van der Waals surface area contributed by atoms with Crippen molar-refractivity contribution in [3.05, 3.63) is 60.2 Å². The number of nitrogens with zero attached hydrogens (tertiary/aromatic N) is 2. The second-order valence-corrected chi connectivity index (χ2v) is 7.15. The molecule has 1 heterocycles. The maximum absolute atomic E-state index is 12.9. The molecule has 0 spiro atoms. The minimum Gasteiger partial charge on any atom is -0.360 e. The van der Waals surface area contributed by atoms with E-state index in [0.717, 1.165) is 16.7 Å². The monoisotopic (exact) mass is 392 g/mol. The molecule has 28 heavy (non-hydrogen) atoms. The van der Waals surface area contributed by atoms with Crippen molar-refractivity contribution in [2.45, 2.75) is 19.1 Å². The maximum atomic E-state index is 12.9. The summed E-state index contributed by atoms with van der Waals surface area (Å²) in [5.74, 6) is 0.0359. The number of nitrogens with one attached hydrogen (secondary N) is 1. The van der Waals surface area contributed by atoms with Gasteiger partial charge in [-0.05, 0) is 37.3 Å². The summed E-state index contributed by atoms with van der Waals surface area (Å²) in [5.41, 5.74) is 0.795. The molecular formula is C21H25F3N3O+. The molecule has 1 fully saturated rings. The number of amides is 1. The number of carbonyl (C=O) groups is 1. The van der Waals surface area contributed by atoms with Crippen LogP contribution in [0.4, 0.5) is 24.5 Å². The molecule has 3 rings (SSSR count).